The molecule has 0 spiro atoms. The molecule has 1 heterocycles. The van der Waals surface area contributed by atoms with Gasteiger partial charge >= 0.3 is 5.97 Å². The van der Waals surface area contributed by atoms with Gasteiger partial charge in [-0.05, 0) is 17.7 Å². The number of aliphatic carboxylic acids is 1. The summed E-state index contributed by atoms with van der Waals surface area (Å²) in [5, 5.41) is 12.3. The number of carboxylic acid groups (broad SMARTS) is 1. The molecule has 0 aliphatic carbocycles. The van der Waals surface area contributed by atoms with Gasteiger partial charge in [-0.15, -0.1) is 0 Å². The van der Waals surface area contributed by atoms with E-state index < -0.39 is 12.0 Å². The van der Waals surface area contributed by atoms with Crippen molar-refractivity contribution in [3.63, 3.8) is 0 Å². The van der Waals surface area contributed by atoms with Gasteiger partial charge in [0.25, 0.3) is 0 Å². The first-order valence-corrected chi connectivity index (χ1v) is 6.29. The molecule has 1 aromatic heterocycles. The fourth-order valence-electron chi connectivity index (χ4n) is 1.90. The van der Waals surface area contributed by atoms with Gasteiger partial charge < -0.3 is 9.52 Å². The third-order valence-corrected chi connectivity index (χ3v) is 2.93. The van der Waals surface area contributed by atoms with Gasteiger partial charge in [-0.25, -0.2) is 0 Å². The highest BCUT2D eigenvalue weighted by Crippen LogP contribution is 2.15. The second-order valence-electron chi connectivity index (χ2n) is 4.28. The number of nitrogens with one attached hydrogen (secondary N) is 1. The zero-order chi connectivity index (χ0) is 13.7. The van der Waals surface area contributed by atoms with Crippen molar-refractivity contribution in [1.29, 1.82) is 0 Å². The smallest absolute Gasteiger partial charge is 0.325 e. The first-order chi connectivity index (χ1) is 9.20. The number of hydrogen-bond donors (Lipinski definition) is 2. The number of carbonyl (C=O) groups is 1. The number of furan rings is 1. The zero-order valence-corrected chi connectivity index (χ0v) is 10.8. The van der Waals surface area contributed by atoms with E-state index in [2.05, 4.69) is 5.32 Å². The number of carboxylic acids is 1. The summed E-state index contributed by atoms with van der Waals surface area (Å²) >= 11 is 0. The molecule has 0 unspecified atom stereocenters. The topological polar surface area (TPSA) is 62.5 Å². The molecular weight excluding hydrogens is 242 g/mol. The Labute approximate surface area is 112 Å². The molecule has 0 bridgehead atoms. The van der Waals surface area contributed by atoms with Crippen LogP contribution in [0.4, 0.5) is 0 Å². The van der Waals surface area contributed by atoms with E-state index in [1.54, 1.807) is 12.1 Å². The summed E-state index contributed by atoms with van der Waals surface area (Å²) in [6.07, 6.45) is 0.834. The minimum atomic E-state index is -0.895. The predicted molar refractivity (Wildman–Crippen MR) is 71.7 cm³/mol. The van der Waals surface area contributed by atoms with Crippen LogP contribution in [-0.4, -0.2) is 11.1 Å². The molecule has 1 atom stereocenters. The van der Waals surface area contributed by atoms with E-state index in [9.17, 15) is 9.90 Å². The van der Waals surface area contributed by atoms with Gasteiger partial charge in [0.05, 0.1) is 6.54 Å². The van der Waals surface area contributed by atoms with E-state index >= 15 is 0 Å². The molecular formula is C15H17NO3. The maximum absolute atomic E-state index is 11.3. The molecule has 0 saturated heterocycles. The number of rotatable bonds is 6. The average molecular weight is 259 g/mol. The van der Waals surface area contributed by atoms with Crippen molar-refractivity contribution in [2.24, 2.45) is 0 Å². The predicted octanol–water partition coefficient (Wildman–Crippen LogP) is 2.76. The quantitative estimate of drug-likeness (QED) is 0.837. The van der Waals surface area contributed by atoms with Crippen molar-refractivity contribution in [2.45, 2.75) is 25.9 Å². The lowest BCUT2D eigenvalue weighted by molar-refractivity contribution is -0.139. The first kappa shape index (κ1) is 13.4. The van der Waals surface area contributed by atoms with Crippen LogP contribution < -0.4 is 5.32 Å². The van der Waals surface area contributed by atoms with Crippen LogP contribution in [-0.2, 0) is 17.8 Å². The van der Waals surface area contributed by atoms with Crippen LogP contribution in [0.15, 0.2) is 46.9 Å². The van der Waals surface area contributed by atoms with Crippen molar-refractivity contribution in [1.82, 2.24) is 5.32 Å². The van der Waals surface area contributed by atoms with Crippen LogP contribution >= 0.6 is 0 Å². The lowest BCUT2D eigenvalue weighted by atomic mass is 10.1. The Kier molecular flexibility index (Phi) is 4.36. The number of benzene rings is 1. The molecule has 4 heteroatoms. The van der Waals surface area contributed by atoms with Crippen LogP contribution in [0, 0.1) is 0 Å². The van der Waals surface area contributed by atoms with Crippen molar-refractivity contribution in [3.8, 4) is 0 Å². The Morgan fingerprint density at radius 3 is 2.47 bits per heavy atom. The summed E-state index contributed by atoms with van der Waals surface area (Å²) in [5.74, 6) is 0.760. The van der Waals surface area contributed by atoms with E-state index in [4.69, 9.17) is 4.42 Å². The van der Waals surface area contributed by atoms with Crippen LogP contribution in [0.5, 0.6) is 0 Å². The normalized spacial score (nSPS) is 12.3. The maximum atomic E-state index is 11.3. The molecule has 0 radical (unpaired) electrons. The Hall–Kier alpha value is -2.07. The number of aryl methyl sites for hydroxylation is 1. The van der Waals surface area contributed by atoms with Gasteiger partial charge in [-0.3, -0.25) is 10.1 Å². The molecule has 0 saturated carbocycles. The number of hydrogen-bond acceptors (Lipinski definition) is 3. The summed E-state index contributed by atoms with van der Waals surface area (Å²) in [4.78, 5) is 11.3. The lowest BCUT2D eigenvalue weighted by Crippen LogP contribution is -2.27. The summed E-state index contributed by atoms with van der Waals surface area (Å²) < 4.78 is 5.54. The van der Waals surface area contributed by atoms with E-state index in [0.717, 1.165) is 23.5 Å². The third-order valence-electron chi connectivity index (χ3n) is 2.93. The van der Waals surface area contributed by atoms with Crippen molar-refractivity contribution in [3.05, 3.63) is 59.5 Å². The highest BCUT2D eigenvalue weighted by atomic mass is 16.4. The van der Waals surface area contributed by atoms with Crippen molar-refractivity contribution >= 4 is 5.97 Å². The largest absolute Gasteiger partial charge is 0.480 e. The molecule has 0 amide bonds. The van der Waals surface area contributed by atoms with Gasteiger partial charge in [-0.1, -0.05) is 37.3 Å². The van der Waals surface area contributed by atoms with Crippen molar-refractivity contribution in [2.75, 3.05) is 0 Å². The van der Waals surface area contributed by atoms with Crippen LogP contribution in [0.25, 0.3) is 0 Å². The van der Waals surface area contributed by atoms with E-state index in [1.807, 2.05) is 37.3 Å². The molecule has 1 aromatic carbocycles. The molecule has 0 aliphatic rings. The standard InChI is InChI=1S/C15H17NO3/c1-2-12-8-9-13(19-12)10-16-14(15(17)18)11-6-4-3-5-7-11/h3-9,14,16H,2,10H2,1H3,(H,17,18)/t14-/m0/s1. The van der Waals surface area contributed by atoms with Crippen LogP contribution in [0.2, 0.25) is 0 Å². The molecule has 100 valence electrons. The van der Waals surface area contributed by atoms with Gasteiger partial charge in [0.1, 0.15) is 17.6 Å². The fraction of sp³-hybridized carbons (Fsp3) is 0.267. The SMILES string of the molecule is CCc1ccc(CN[C@H](C(=O)O)c2ccccc2)o1. The molecule has 2 N–H and O–H groups in total. The molecule has 4 nitrogen and oxygen atoms in total. The summed E-state index contributed by atoms with van der Waals surface area (Å²) in [6, 6.07) is 12.2. The second kappa shape index (κ2) is 6.20. The van der Waals surface area contributed by atoms with Gasteiger partial charge in [-0.2, -0.15) is 0 Å². The minimum absolute atomic E-state index is 0.395. The summed E-state index contributed by atoms with van der Waals surface area (Å²) in [7, 11) is 0. The van der Waals surface area contributed by atoms with Crippen molar-refractivity contribution < 1.29 is 14.3 Å². The molecule has 2 aromatic rings. The minimum Gasteiger partial charge on any atom is -0.480 e. The van der Waals surface area contributed by atoms with E-state index in [1.165, 1.54) is 0 Å². The van der Waals surface area contributed by atoms with Crippen LogP contribution in [0.1, 0.15) is 30.0 Å². The summed E-state index contributed by atoms with van der Waals surface area (Å²) in [6.45, 7) is 2.41. The molecule has 0 fully saturated rings. The third kappa shape index (κ3) is 3.45. The van der Waals surface area contributed by atoms with E-state index in [-0.39, 0.29) is 0 Å². The van der Waals surface area contributed by atoms with Crippen LogP contribution in [0.3, 0.4) is 0 Å². The van der Waals surface area contributed by atoms with Gasteiger partial charge in [0, 0.05) is 6.42 Å². The Balaban J connectivity index is 2.04. The monoisotopic (exact) mass is 259 g/mol. The van der Waals surface area contributed by atoms with Gasteiger partial charge in [0.2, 0.25) is 0 Å². The lowest BCUT2D eigenvalue weighted by Gasteiger charge is -2.13. The average Bonchev–Trinajstić information content (AvgIpc) is 2.88. The second-order valence-corrected chi connectivity index (χ2v) is 4.28. The zero-order valence-electron chi connectivity index (χ0n) is 10.8. The highest BCUT2D eigenvalue weighted by Gasteiger charge is 2.19. The molecule has 0 aliphatic heterocycles. The fourth-order valence-corrected chi connectivity index (χ4v) is 1.90. The Bertz CT molecular complexity index is 533. The summed E-state index contributed by atoms with van der Waals surface area (Å²) in [5.41, 5.74) is 0.734. The molecule has 19 heavy (non-hydrogen) atoms. The first-order valence-electron chi connectivity index (χ1n) is 6.29. The Morgan fingerprint density at radius 1 is 1.21 bits per heavy atom. The molecule has 2 rings (SSSR count). The highest BCUT2D eigenvalue weighted by molar-refractivity contribution is 5.75. The maximum Gasteiger partial charge on any atom is 0.325 e. The van der Waals surface area contributed by atoms with Gasteiger partial charge in [0.15, 0.2) is 0 Å². The Morgan fingerprint density at radius 2 is 1.89 bits per heavy atom. The van der Waals surface area contributed by atoms with E-state index in [0.29, 0.717) is 6.54 Å².